The molecule has 0 saturated heterocycles. The van der Waals surface area contributed by atoms with Gasteiger partial charge >= 0.3 is 5.97 Å². The lowest BCUT2D eigenvalue weighted by atomic mass is 10.1. The fraction of sp³-hybridized carbons (Fsp3) is 0.941. The summed E-state index contributed by atoms with van der Waals surface area (Å²) in [7, 11) is 0. The lowest BCUT2D eigenvalue weighted by Crippen LogP contribution is -2.26. The van der Waals surface area contributed by atoms with Crippen LogP contribution in [0.5, 0.6) is 0 Å². The van der Waals surface area contributed by atoms with Gasteiger partial charge in [0.15, 0.2) is 0 Å². The first kappa shape index (κ1) is 19.4. The van der Waals surface area contributed by atoms with Crippen LogP contribution in [0, 0.1) is 0 Å². The number of esters is 1. The highest BCUT2D eigenvalue weighted by atomic mass is 16.5. The zero-order chi connectivity index (χ0) is 15.1. The average molecular weight is 285 g/mol. The van der Waals surface area contributed by atoms with Crippen LogP contribution in [0.3, 0.4) is 0 Å². The van der Waals surface area contributed by atoms with Crippen LogP contribution in [0.1, 0.15) is 78.6 Å². The Morgan fingerprint density at radius 2 is 1.40 bits per heavy atom. The summed E-state index contributed by atoms with van der Waals surface area (Å²) in [5, 5.41) is 0. The maximum Gasteiger partial charge on any atom is 0.307 e. The quantitative estimate of drug-likeness (QED) is 0.350. The molecule has 0 saturated carbocycles. The van der Waals surface area contributed by atoms with E-state index in [2.05, 4.69) is 25.7 Å². The maximum absolute atomic E-state index is 11.5. The van der Waals surface area contributed by atoms with Crippen LogP contribution in [0.25, 0.3) is 0 Å². The molecule has 0 aliphatic carbocycles. The van der Waals surface area contributed by atoms with E-state index in [0.717, 1.165) is 26.1 Å². The SMILES string of the molecule is CCCCCCCCCCOC(=O)CCN(CC)CC. The second-order valence-corrected chi connectivity index (χ2v) is 5.47. The van der Waals surface area contributed by atoms with Crippen molar-refractivity contribution in [1.29, 1.82) is 0 Å². The summed E-state index contributed by atoms with van der Waals surface area (Å²) >= 11 is 0. The molecule has 120 valence electrons. The van der Waals surface area contributed by atoms with E-state index in [-0.39, 0.29) is 5.97 Å². The van der Waals surface area contributed by atoms with Crippen molar-refractivity contribution >= 4 is 5.97 Å². The van der Waals surface area contributed by atoms with Gasteiger partial charge in [0.2, 0.25) is 0 Å². The van der Waals surface area contributed by atoms with Gasteiger partial charge in [-0.1, -0.05) is 65.7 Å². The van der Waals surface area contributed by atoms with Gasteiger partial charge in [0, 0.05) is 6.54 Å². The van der Waals surface area contributed by atoms with Crippen LogP contribution >= 0.6 is 0 Å². The standard InChI is InChI=1S/C17H35NO2/c1-4-7-8-9-10-11-12-13-16-20-17(19)14-15-18(5-2)6-3/h4-16H2,1-3H3. The van der Waals surface area contributed by atoms with Crippen molar-refractivity contribution in [3.63, 3.8) is 0 Å². The Labute approximate surface area is 126 Å². The summed E-state index contributed by atoms with van der Waals surface area (Å²) in [4.78, 5) is 13.8. The van der Waals surface area contributed by atoms with Crippen molar-refractivity contribution < 1.29 is 9.53 Å². The molecule has 0 aromatic rings. The van der Waals surface area contributed by atoms with Crippen LogP contribution in [0.2, 0.25) is 0 Å². The summed E-state index contributed by atoms with van der Waals surface area (Å²) < 4.78 is 5.26. The molecular weight excluding hydrogens is 250 g/mol. The highest BCUT2D eigenvalue weighted by molar-refractivity contribution is 5.69. The van der Waals surface area contributed by atoms with E-state index < -0.39 is 0 Å². The van der Waals surface area contributed by atoms with E-state index in [1.807, 2.05) is 0 Å². The Morgan fingerprint density at radius 3 is 1.95 bits per heavy atom. The van der Waals surface area contributed by atoms with Crippen molar-refractivity contribution in [2.75, 3.05) is 26.2 Å². The van der Waals surface area contributed by atoms with Crippen molar-refractivity contribution in [3.05, 3.63) is 0 Å². The minimum absolute atomic E-state index is 0.0418. The molecule has 0 N–H and O–H groups in total. The summed E-state index contributed by atoms with van der Waals surface area (Å²) in [5.41, 5.74) is 0. The number of unbranched alkanes of at least 4 members (excludes halogenated alkanes) is 7. The minimum Gasteiger partial charge on any atom is -0.466 e. The van der Waals surface area contributed by atoms with Crippen LogP contribution in [0.15, 0.2) is 0 Å². The summed E-state index contributed by atoms with van der Waals surface area (Å²) in [6.45, 7) is 9.91. The van der Waals surface area contributed by atoms with Gasteiger partial charge in [-0.05, 0) is 19.5 Å². The molecule has 0 amide bonds. The summed E-state index contributed by atoms with van der Waals surface area (Å²) in [6.07, 6.45) is 10.7. The Bertz CT molecular complexity index is 215. The molecule has 3 nitrogen and oxygen atoms in total. The normalized spacial score (nSPS) is 11.0. The van der Waals surface area contributed by atoms with Gasteiger partial charge in [-0.25, -0.2) is 0 Å². The van der Waals surface area contributed by atoms with Crippen molar-refractivity contribution in [3.8, 4) is 0 Å². The number of ether oxygens (including phenoxy) is 1. The van der Waals surface area contributed by atoms with Crippen molar-refractivity contribution in [2.24, 2.45) is 0 Å². The average Bonchev–Trinajstić information content (AvgIpc) is 2.46. The molecule has 0 unspecified atom stereocenters. The smallest absolute Gasteiger partial charge is 0.307 e. The monoisotopic (exact) mass is 285 g/mol. The van der Waals surface area contributed by atoms with Crippen LogP contribution < -0.4 is 0 Å². The first-order valence-electron chi connectivity index (χ1n) is 8.62. The van der Waals surface area contributed by atoms with E-state index in [1.165, 1.54) is 44.9 Å². The zero-order valence-corrected chi connectivity index (χ0v) is 14.0. The van der Waals surface area contributed by atoms with Gasteiger partial charge in [-0.3, -0.25) is 4.79 Å². The molecule has 0 atom stereocenters. The first-order chi connectivity index (χ1) is 9.74. The predicted molar refractivity (Wildman–Crippen MR) is 86.0 cm³/mol. The predicted octanol–water partition coefficient (Wildman–Crippen LogP) is 4.40. The third-order valence-electron chi connectivity index (χ3n) is 3.79. The number of nitrogens with zero attached hydrogens (tertiary/aromatic N) is 1. The van der Waals surface area contributed by atoms with E-state index in [0.29, 0.717) is 13.0 Å². The molecule has 0 aromatic heterocycles. The highest BCUT2D eigenvalue weighted by Crippen LogP contribution is 2.08. The topological polar surface area (TPSA) is 29.5 Å². The maximum atomic E-state index is 11.5. The van der Waals surface area contributed by atoms with Gasteiger partial charge in [-0.2, -0.15) is 0 Å². The highest BCUT2D eigenvalue weighted by Gasteiger charge is 2.05. The molecule has 0 aliphatic heterocycles. The molecule has 3 heteroatoms. The lowest BCUT2D eigenvalue weighted by Gasteiger charge is -2.16. The molecule has 0 rings (SSSR count). The third-order valence-corrected chi connectivity index (χ3v) is 3.79. The zero-order valence-electron chi connectivity index (χ0n) is 14.0. The van der Waals surface area contributed by atoms with E-state index >= 15 is 0 Å². The van der Waals surface area contributed by atoms with Crippen molar-refractivity contribution in [2.45, 2.75) is 78.6 Å². The van der Waals surface area contributed by atoms with Gasteiger partial charge in [0.25, 0.3) is 0 Å². The third kappa shape index (κ3) is 12.5. The number of hydrogen-bond donors (Lipinski definition) is 0. The van der Waals surface area contributed by atoms with Gasteiger partial charge in [-0.15, -0.1) is 0 Å². The Kier molecular flexibility index (Phi) is 14.4. The summed E-state index contributed by atoms with van der Waals surface area (Å²) in [5.74, 6) is -0.0418. The fourth-order valence-electron chi connectivity index (χ4n) is 2.28. The van der Waals surface area contributed by atoms with Gasteiger partial charge in [0.05, 0.1) is 13.0 Å². The molecule has 0 aromatic carbocycles. The molecule has 0 aliphatic rings. The Balaban J connectivity index is 3.27. The Hall–Kier alpha value is -0.570. The van der Waals surface area contributed by atoms with Crippen molar-refractivity contribution in [1.82, 2.24) is 4.90 Å². The number of carbonyl (C=O) groups is 1. The lowest BCUT2D eigenvalue weighted by molar-refractivity contribution is -0.144. The molecule has 20 heavy (non-hydrogen) atoms. The largest absolute Gasteiger partial charge is 0.466 e. The molecule has 0 fully saturated rings. The second-order valence-electron chi connectivity index (χ2n) is 5.47. The fourth-order valence-corrected chi connectivity index (χ4v) is 2.28. The molecule has 0 radical (unpaired) electrons. The van der Waals surface area contributed by atoms with Crippen LogP contribution in [-0.4, -0.2) is 37.1 Å². The molecule has 0 spiro atoms. The molecule has 0 bridgehead atoms. The van der Waals surface area contributed by atoms with Crippen LogP contribution in [0.4, 0.5) is 0 Å². The number of carbonyl (C=O) groups excluding carboxylic acids is 1. The first-order valence-corrected chi connectivity index (χ1v) is 8.62. The second kappa shape index (κ2) is 14.8. The van der Waals surface area contributed by atoms with Crippen LogP contribution in [-0.2, 0) is 9.53 Å². The van der Waals surface area contributed by atoms with E-state index in [9.17, 15) is 4.79 Å². The molecular formula is C17H35NO2. The molecule has 0 heterocycles. The van der Waals surface area contributed by atoms with Gasteiger partial charge < -0.3 is 9.64 Å². The number of hydrogen-bond acceptors (Lipinski definition) is 3. The Morgan fingerprint density at radius 1 is 0.850 bits per heavy atom. The summed E-state index contributed by atoms with van der Waals surface area (Å²) in [6, 6.07) is 0. The van der Waals surface area contributed by atoms with E-state index in [1.54, 1.807) is 0 Å². The minimum atomic E-state index is -0.0418. The van der Waals surface area contributed by atoms with Gasteiger partial charge in [0.1, 0.15) is 0 Å². The number of rotatable bonds is 14. The van der Waals surface area contributed by atoms with E-state index in [4.69, 9.17) is 4.74 Å².